The van der Waals surface area contributed by atoms with Crippen LogP contribution < -0.4 is 10.1 Å². The molecule has 0 fully saturated rings. The fourth-order valence-corrected chi connectivity index (χ4v) is 1.83. The Bertz CT molecular complexity index is 556. The molecule has 0 saturated carbocycles. The van der Waals surface area contributed by atoms with Crippen molar-refractivity contribution in [1.82, 2.24) is 4.98 Å². The van der Waals surface area contributed by atoms with Crippen LogP contribution in [0.1, 0.15) is 18.1 Å². The Kier molecular flexibility index (Phi) is 4.36. The highest BCUT2D eigenvalue weighted by molar-refractivity contribution is 5.60. The number of ether oxygens (including phenoxy) is 1. The highest BCUT2D eigenvalue weighted by atomic mass is 16.5. The lowest BCUT2D eigenvalue weighted by atomic mass is 10.1. The maximum atomic E-state index is 9.34. The molecule has 1 aromatic carbocycles. The smallest absolute Gasteiger partial charge is 0.214 e. The summed E-state index contributed by atoms with van der Waals surface area (Å²) in [6.07, 6.45) is 0.980. The summed E-state index contributed by atoms with van der Waals surface area (Å²) in [7, 11) is 1.57. The molecule has 0 saturated heterocycles. The molecule has 0 spiro atoms. The van der Waals surface area contributed by atoms with Crippen molar-refractivity contribution in [1.29, 1.82) is 0 Å². The first kappa shape index (κ1) is 13.4. The van der Waals surface area contributed by atoms with Crippen molar-refractivity contribution in [2.45, 2.75) is 20.0 Å². The first-order valence-electron chi connectivity index (χ1n) is 6.27. The van der Waals surface area contributed by atoms with Crippen LogP contribution in [0.5, 0.6) is 5.88 Å². The number of aryl methyl sites for hydroxylation is 1. The minimum atomic E-state index is -0.0627. The predicted octanol–water partition coefficient (Wildman–Crippen LogP) is 2.89. The summed E-state index contributed by atoms with van der Waals surface area (Å²) in [6.45, 7) is 2.05. The van der Waals surface area contributed by atoms with E-state index < -0.39 is 0 Å². The molecule has 100 valence electrons. The Labute approximate surface area is 113 Å². The normalized spacial score (nSPS) is 10.3. The van der Waals surface area contributed by atoms with E-state index in [1.54, 1.807) is 19.2 Å². The highest BCUT2D eigenvalue weighted by Crippen LogP contribution is 2.22. The number of nitrogens with one attached hydrogen (secondary N) is 1. The van der Waals surface area contributed by atoms with Gasteiger partial charge in [0.1, 0.15) is 5.82 Å². The molecule has 2 N–H and O–H groups in total. The number of aliphatic hydroxyl groups excluding tert-OH is 1. The number of anilines is 2. The number of aliphatic hydroxyl groups is 1. The first-order chi connectivity index (χ1) is 9.26. The molecule has 4 heteroatoms. The van der Waals surface area contributed by atoms with Gasteiger partial charge in [-0.25, -0.2) is 0 Å². The summed E-state index contributed by atoms with van der Waals surface area (Å²) >= 11 is 0. The number of hydrogen-bond donors (Lipinski definition) is 2. The minimum absolute atomic E-state index is 0.0627. The lowest BCUT2D eigenvalue weighted by molar-refractivity contribution is 0.281. The van der Waals surface area contributed by atoms with E-state index in [9.17, 15) is 5.11 Å². The second-order valence-electron chi connectivity index (χ2n) is 4.20. The third-order valence-corrected chi connectivity index (χ3v) is 2.93. The van der Waals surface area contributed by atoms with Crippen LogP contribution in [0, 0.1) is 0 Å². The Balaban J connectivity index is 2.30. The molecule has 2 rings (SSSR count). The molecule has 1 heterocycles. The number of pyridine rings is 1. The fourth-order valence-electron chi connectivity index (χ4n) is 1.83. The van der Waals surface area contributed by atoms with E-state index in [1.165, 1.54) is 5.56 Å². The van der Waals surface area contributed by atoms with Gasteiger partial charge in [0.2, 0.25) is 5.88 Å². The van der Waals surface area contributed by atoms with Gasteiger partial charge in [-0.1, -0.05) is 19.1 Å². The van der Waals surface area contributed by atoms with Crippen LogP contribution in [0.25, 0.3) is 0 Å². The number of hydrogen-bond acceptors (Lipinski definition) is 4. The van der Waals surface area contributed by atoms with Gasteiger partial charge in [0.25, 0.3) is 0 Å². The third kappa shape index (κ3) is 3.23. The second kappa shape index (κ2) is 6.20. The molecular formula is C15H18N2O2. The number of rotatable bonds is 5. The van der Waals surface area contributed by atoms with Gasteiger partial charge >= 0.3 is 0 Å². The zero-order valence-corrected chi connectivity index (χ0v) is 11.2. The fraction of sp³-hybridized carbons (Fsp3) is 0.267. The average molecular weight is 258 g/mol. The van der Waals surface area contributed by atoms with Crippen LogP contribution in [0.3, 0.4) is 0 Å². The van der Waals surface area contributed by atoms with Crippen molar-refractivity contribution in [3.05, 3.63) is 47.5 Å². The summed E-state index contributed by atoms with van der Waals surface area (Å²) in [5, 5.41) is 12.6. The Morgan fingerprint density at radius 3 is 2.79 bits per heavy atom. The van der Waals surface area contributed by atoms with Crippen LogP contribution in [-0.2, 0) is 13.0 Å². The zero-order valence-electron chi connectivity index (χ0n) is 11.2. The first-order valence-corrected chi connectivity index (χ1v) is 6.27. The molecule has 0 amide bonds. The van der Waals surface area contributed by atoms with Crippen LogP contribution in [-0.4, -0.2) is 17.2 Å². The van der Waals surface area contributed by atoms with Crippen LogP contribution >= 0.6 is 0 Å². The van der Waals surface area contributed by atoms with Gasteiger partial charge < -0.3 is 15.2 Å². The molecule has 0 atom stereocenters. The van der Waals surface area contributed by atoms with Crippen molar-refractivity contribution in [3.63, 3.8) is 0 Å². The van der Waals surface area contributed by atoms with Crippen LogP contribution in [0.15, 0.2) is 36.4 Å². The second-order valence-corrected chi connectivity index (χ2v) is 4.20. The van der Waals surface area contributed by atoms with Crippen molar-refractivity contribution in [3.8, 4) is 5.88 Å². The molecule has 0 bridgehead atoms. The molecule has 0 unspecified atom stereocenters. The van der Waals surface area contributed by atoms with Gasteiger partial charge in [-0.05, 0) is 30.2 Å². The van der Waals surface area contributed by atoms with E-state index in [1.807, 2.05) is 12.1 Å². The quantitative estimate of drug-likeness (QED) is 0.866. The van der Waals surface area contributed by atoms with Gasteiger partial charge in [0, 0.05) is 17.3 Å². The molecule has 0 aliphatic carbocycles. The number of methoxy groups -OCH3 is 1. The van der Waals surface area contributed by atoms with Crippen molar-refractivity contribution in [2.24, 2.45) is 0 Å². The van der Waals surface area contributed by atoms with Crippen molar-refractivity contribution in [2.75, 3.05) is 12.4 Å². The number of nitrogens with zero attached hydrogens (tertiary/aromatic N) is 1. The van der Waals surface area contributed by atoms with Crippen molar-refractivity contribution >= 4 is 11.5 Å². The Morgan fingerprint density at radius 1 is 1.26 bits per heavy atom. The minimum Gasteiger partial charge on any atom is -0.481 e. The Morgan fingerprint density at radius 2 is 2.11 bits per heavy atom. The average Bonchev–Trinajstić information content (AvgIpc) is 2.47. The molecule has 1 aromatic heterocycles. The van der Waals surface area contributed by atoms with E-state index in [0.29, 0.717) is 11.7 Å². The van der Waals surface area contributed by atoms with E-state index in [-0.39, 0.29) is 6.61 Å². The van der Waals surface area contributed by atoms with Crippen LogP contribution in [0.2, 0.25) is 0 Å². The summed E-state index contributed by atoms with van der Waals surface area (Å²) < 4.78 is 5.10. The van der Waals surface area contributed by atoms with Gasteiger partial charge in [-0.2, -0.15) is 4.98 Å². The molecule has 0 radical (unpaired) electrons. The third-order valence-electron chi connectivity index (χ3n) is 2.93. The largest absolute Gasteiger partial charge is 0.481 e. The maximum Gasteiger partial charge on any atom is 0.214 e. The Hall–Kier alpha value is -2.07. The molecule has 0 aliphatic rings. The number of benzene rings is 1. The highest BCUT2D eigenvalue weighted by Gasteiger charge is 2.06. The number of aromatic nitrogens is 1. The van der Waals surface area contributed by atoms with Crippen LogP contribution in [0.4, 0.5) is 11.5 Å². The van der Waals surface area contributed by atoms with E-state index in [2.05, 4.69) is 29.4 Å². The monoisotopic (exact) mass is 258 g/mol. The summed E-state index contributed by atoms with van der Waals surface area (Å²) in [4.78, 5) is 4.32. The molecular weight excluding hydrogens is 240 g/mol. The van der Waals surface area contributed by atoms with Gasteiger partial charge in [-0.3, -0.25) is 0 Å². The molecule has 19 heavy (non-hydrogen) atoms. The lowest BCUT2D eigenvalue weighted by Crippen LogP contribution is -2.01. The summed E-state index contributed by atoms with van der Waals surface area (Å²) in [6, 6.07) is 11.7. The lowest BCUT2D eigenvalue weighted by Gasteiger charge is -2.11. The standard InChI is InChI=1S/C15H18N2O2/c1-3-11-5-4-6-13(9-11)16-15-12(10-18)7-8-14(17-15)19-2/h4-9,18H,3,10H2,1-2H3,(H,16,17). The summed E-state index contributed by atoms with van der Waals surface area (Å²) in [5.74, 6) is 1.14. The van der Waals surface area contributed by atoms with E-state index in [4.69, 9.17) is 4.74 Å². The molecule has 2 aromatic rings. The summed E-state index contributed by atoms with van der Waals surface area (Å²) in [5.41, 5.74) is 2.94. The van der Waals surface area contributed by atoms with Gasteiger partial charge in [-0.15, -0.1) is 0 Å². The molecule has 0 aliphatic heterocycles. The van der Waals surface area contributed by atoms with Gasteiger partial charge in [0.15, 0.2) is 0 Å². The predicted molar refractivity (Wildman–Crippen MR) is 75.8 cm³/mol. The van der Waals surface area contributed by atoms with Gasteiger partial charge in [0.05, 0.1) is 13.7 Å². The maximum absolute atomic E-state index is 9.34. The van der Waals surface area contributed by atoms with E-state index >= 15 is 0 Å². The van der Waals surface area contributed by atoms with E-state index in [0.717, 1.165) is 17.7 Å². The van der Waals surface area contributed by atoms with Crippen molar-refractivity contribution < 1.29 is 9.84 Å². The SMILES string of the molecule is CCc1cccc(Nc2nc(OC)ccc2CO)c1. The topological polar surface area (TPSA) is 54.4 Å². The molecule has 4 nitrogen and oxygen atoms in total. The zero-order chi connectivity index (χ0) is 13.7.